The lowest BCUT2D eigenvalue weighted by Crippen LogP contribution is -2.15. The second kappa shape index (κ2) is 8.09. The van der Waals surface area contributed by atoms with Crippen molar-refractivity contribution in [1.82, 2.24) is 0 Å². The van der Waals surface area contributed by atoms with Crippen molar-refractivity contribution in [2.75, 3.05) is 7.11 Å². The molecule has 13 heavy (non-hydrogen) atoms. The van der Waals surface area contributed by atoms with Gasteiger partial charge in [-0.05, 0) is 12.8 Å². The molecule has 0 N–H and O–H groups in total. The fourth-order valence-corrected chi connectivity index (χ4v) is 1.47. The van der Waals surface area contributed by atoms with Crippen molar-refractivity contribution in [1.29, 1.82) is 0 Å². The first-order valence-electron chi connectivity index (χ1n) is 5.34. The highest BCUT2D eigenvalue weighted by atomic mass is 16.5. The van der Waals surface area contributed by atoms with Crippen LogP contribution in [0.1, 0.15) is 52.4 Å². The molecule has 1 atom stereocenters. The molecule has 0 aliphatic carbocycles. The van der Waals surface area contributed by atoms with E-state index < -0.39 is 0 Å². The van der Waals surface area contributed by atoms with E-state index in [-0.39, 0.29) is 11.9 Å². The summed E-state index contributed by atoms with van der Waals surface area (Å²) >= 11 is 0. The molecular formula is C11H22O2. The predicted octanol–water partition coefficient (Wildman–Crippen LogP) is 3.16. The van der Waals surface area contributed by atoms with Crippen molar-refractivity contribution in [3.63, 3.8) is 0 Å². The van der Waals surface area contributed by atoms with E-state index in [1.807, 2.05) is 6.92 Å². The number of rotatable bonds is 7. The van der Waals surface area contributed by atoms with Crippen LogP contribution in [0.25, 0.3) is 0 Å². The Bertz CT molecular complexity index is 132. The fourth-order valence-electron chi connectivity index (χ4n) is 1.47. The average molecular weight is 186 g/mol. The first-order chi connectivity index (χ1) is 6.26. The fraction of sp³-hybridized carbons (Fsp3) is 0.909. The van der Waals surface area contributed by atoms with Crippen LogP contribution in [0.15, 0.2) is 0 Å². The van der Waals surface area contributed by atoms with Crippen molar-refractivity contribution in [3.05, 3.63) is 0 Å². The van der Waals surface area contributed by atoms with Gasteiger partial charge in [0, 0.05) is 0 Å². The van der Waals surface area contributed by atoms with Crippen LogP contribution in [0.4, 0.5) is 0 Å². The van der Waals surface area contributed by atoms with Crippen molar-refractivity contribution in [2.24, 2.45) is 5.92 Å². The zero-order valence-electron chi connectivity index (χ0n) is 9.14. The summed E-state index contributed by atoms with van der Waals surface area (Å²) in [5, 5.41) is 0. The van der Waals surface area contributed by atoms with E-state index in [0.717, 1.165) is 19.3 Å². The minimum atomic E-state index is -0.0426. The van der Waals surface area contributed by atoms with Crippen molar-refractivity contribution < 1.29 is 9.53 Å². The molecule has 0 saturated heterocycles. The van der Waals surface area contributed by atoms with Crippen molar-refractivity contribution in [2.45, 2.75) is 52.4 Å². The monoisotopic (exact) mass is 186 g/mol. The Morgan fingerprint density at radius 1 is 1.23 bits per heavy atom. The van der Waals surface area contributed by atoms with E-state index in [2.05, 4.69) is 6.92 Å². The minimum absolute atomic E-state index is 0.0426. The third-order valence-corrected chi connectivity index (χ3v) is 2.43. The number of methoxy groups -OCH3 is 1. The van der Waals surface area contributed by atoms with E-state index in [1.165, 1.54) is 26.4 Å². The van der Waals surface area contributed by atoms with E-state index in [9.17, 15) is 4.79 Å². The number of hydrogen-bond donors (Lipinski definition) is 0. The smallest absolute Gasteiger partial charge is 0.308 e. The van der Waals surface area contributed by atoms with E-state index in [4.69, 9.17) is 4.74 Å². The zero-order chi connectivity index (χ0) is 10.1. The average Bonchev–Trinajstić information content (AvgIpc) is 2.17. The minimum Gasteiger partial charge on any atom is -0.469 e. The van der Waals surface area contributed by atoms with Gasteiger partial charge in [0.25, 0.3) is 0 Å². The molecule has 1 unspecified atom stereocenters. The topological polar surface area (TPSA) is 26.3 Å². The Morgan fingerprint density at radius 2 is 1.92 bits per heavy atom. The Balaban J connectivity index is 3.53. The quantitative estimate of drug-likeness (QED) is 0.451. The molecule has 0 radical (unpaired) electrons. The number of ether oxygens (including phenoxy) is 1. The summed E-state index contributed by atoms with van der Waals surface area (Å²) in [6, 6.07) is 0. The van der Waals surface area contributed by atoms with Crippen LogP contribution < -0.4 is 0 Å². The van der Waals surface area contributed by atoms with Gasteiger partial charge >= 0.3 is 5.97 Å². The number of esters is 1. The number of carbonyl (C=O) groups is 1. The molecule has 0 aromatic rings. The molecule has 0 saturated carbocycles. The summed E-state index contributed by atoms with van der Waals surface area (Å²) in [5.74, 6) is 0.0841. The number of carbonyl (C=O) groups excluding carboxylic acids is 1. The Labute approximate surface area is 81.7 Å². The summed E-state index contributed by atoms with van der Waals surface area (Å²) in [6.45, 7) is 4.24. The van der Waals surface area contributed by atoms with E-state index in [0.29, 0.717) is 0 Å². The summed E-state index contributed by atoms with van der Waals surface area (Å²) in [4.78, 5) is 11.2. The third-order valence-electron chi connectivity index (χ3n) is 2.43. The molecular weight excluding hydrogens is 164 g/mol. The van der Waals surface area contributed by atoms with Gasteiger partial charge in [-0.1, -0.05) is 39.5 Å². The molecule has 0 heterocycles. The van der Waals surface area contributed by atoms with Gasteiger partial charge in [-0.3, -0.25) is 4.79 Å². The highest BCUT2D eigenvalue weighted by Gasteiger charge is 2.15. The van der Waals surface area contributed by atoms with Gasteiger partial charge in [0.1, 0.15) is 0 Å². The SMILES string of the molecule is CCCCCCC(CC)C(=O)OC. The molecule has 0 aliphatic heterocycles. The largest absolute Gasteiger partial charge is 0.469 e. The zero-order valence-corrected chi connectivity index (χ0v) is 9.14. The summed E-state index contributed by atoms with van der Waals surface area (Å²) < 4.78 is 4.72. The van der Waals surface area contributed by atoms with Crippen molar-refractivity contribution in [3.8, 4) is 0 Å². The Hall–Kier alpha value is -0.530. The summed E-state index contributed by atoms with van der Waals surface area (Å²) in [7, 11) is 1.47. The third kappa shape index (κ3) is 5.67. The van der Waals surface area contributed by atoms with Gasteiger partial charge in [0.15, 0.2) is 0 Å². The molecule has 78 valence electrons. The predicted molar refractivity (Wildman–Crippen MR) is 54.6 cm³/mol. The van der Waals surface area contributed by atoms with E-state index in [1.54, 1.807) is 0 Å². The molecule has 0 aromatic carbocycles. The lowest BCUT2D eigenvalue weighted by molar-refractivity contribution is -0.145. The molecule has 0 fully saturated rings. The number of hydrogen-bond acceptors (Lipinski definition) is 2. The molecule has 0 aromatic heterocycles. The maximum atomic E-state index is 11.2. The Kier molecular flexibility index (Phi) is 7.76. The molecule has 2 nitrogen and oxygen atoms in total. The molecule has 0 bridgehead atoms. The van der Waals surface area contributed by atoms with Crippen LogP contribution in [0.5, 0.6) is 0 Å². The normalized spacial score (nSPS) is 12.5. The molecule has 0 aliphatic rings. The van der Waals surface area contributed by atoms with Gasteiger partial charge in [-0.25, -0.2) is 0 Å². The molecule has 0 spiro atoms. The van der Waals surface area contributed by atoms with Crippen LogP contribution in [0, 0.1) is 5.92 Å². The van der Waals surface area contributed by atoms with Crippen LogP contribution in [-0.4, -0.2) is 13.1 Å². The molecule has 0 rings (SSSR count). The number of unbranched alkanes of at least 4 members (excludes halogenated alkanes) is 3. The first kappa shape index (κ1) is 12.5. The highest BCUT2D eigenvalue weighted by molar-refractivity contribution is 5.72. The lowest BCUT2D eigenvalue weighted by atomic mass is 9.98. The molecule has 2 heteroatoms. The summed E-state index contributed by atoms with van der Waals surface area (Å²) in [6.07, 6.45) is 6.81. The van der Waals surface area contributed by atoms with Crippen LogP contribution >= 0.6 is 0 Å². The Morgan fingerprint density at radius 3 is 2.38 bits per heavy atom. The van der Waals surface area contributed by atoms with Gasteiger partial charge in [-0.15, -0.1) is 0 Å². The highest BCUT2D eigenvalue weighted by Crippen LogP contribution is 2.15. The second-order valence-corrected chi connectivity index (χ2v) is 3.48. The van der Waals surface area contributed by atoms with Crippen molar-refractivity contribution >= 4 is 5.97 Å². The lowest BCUT2D eigenvalue weighted by Gasteiger charge is -2.11. The van der Waals surface area contributed by atoms with Crippen LogP contribution in [0.3, 0.4) is 0 Å². The maximum Gasteiger partial charge on any atom is 0.308 e. The van der Waals surface area contributed by atoms with E-state index >= 15 is 0 Å². The van der Waals surface area contributed by atoms with Gasteiger partial charge < -0.3 is 4.74 Å². The second-order valence-electron chi connectivity index (χ2n) is 3.48. The van der Waals surface area contributed by atoms with Crippen LogP contribution in [0.2, 0.25) is 0 Å². The van der Waals surface area contributed by atoms with Crippen LogP contribution in [-0.2, 0) is 9.53 Å². The van der Waals surface area contributed by atoms with Gasteiger partial charge in [0.05, 0.1) is 13.0 Å². The first-order valence-corrected chi connectivity index (χ1v) is 5.34. The van der Waals surface area contributed by atoms with Gasteiger partial charge in [-0.2, -0.15) is 0 Å². The standard InChI is InChI=1S/C11H22O2/c1-4-6-7-8-9-10(5-2)11(12)13-3/h10H,4-9H2,1-3H3. The molecule has 0 amide bonds. The summed E-state index contributed by atoms with van der Waals surface area (Å²) in [5.41, 5.74) is 0. The maximum absolute atomic E-state index is 11.2. The van der Waals surface area contributed by atoms with Gasteiger partial charge in [0.2, 0.25) is 0 Å².